The van der Waals surface area contributed by atoms with Gasteiger partial charge in [0.05, 0.1) is 12.9 Å². The number of unbranched alkanes of at least 4 members (excludes halogenated alkanes) is 1. The standard InChI is InChI=1S/C25H33N5O2S/c1-4-5-18-30-24(20-12-14-22(32-3)15-13-20)27-28-25(30)33-19-23(31)26-16-9-17-29(2)21-10-7-6-8-11-21/h6-8,10-15H,4-5,9,16-19H2,1-3H3,(H,26,31). The van der Waals surface area contributed by atoms with E-state index in [2.05, 4.69) is 51.1 Å². The van der Waals surface area contributed by atoms with E-state index in [1.54, 1.807) is 7.11 Å². The number of anilines is 1. The van der Waals surface area contributed by atoms with Gasteiger partial charge in [-0.25, -0.2) is 0 Å². The van der Waals surface area contributed by atoms with E-state index in [1.165, 1.54) is 17.4 Å². The number of nitrogens with zero attached hydrogens (tertiary/aromatic N) is 4. The SMILES string of the molecule is CCCCn1c(SCC(=O)NCCCN(C)c2ccccc2)nnc1-c1ccc(OC)cc1. The second-order valence-corrected chi connectivity index (χ2v) is 8.73. The van der Waals surface area contributed by atoms with Crippen LogP contribution in [0.3, 0.4) is 0 Å². The van der Waals surface area contributed by atoms with Crippen LogP contribution in [0.1, 0.15) is 26.2 Å². The predicted octanol–water partition coefficient (Wildman–Crippen LogP) is 4.49. The van der Waals surface area contributed by atoms with Crippen LogP contribution < -0.4 is 15.0 Å². The number of rotatable bonds is 13. The third-order valence-electron chi connectivity index (χ3n) is 5.32. The van der Waals surface area contributed by atoms with Gasteiger partial charge in [-0.1, -0.05) is 43.3 Å². The van der Waals surface area contributed by atoms with Crippen molar-refractivity contribution in [3.8, 4) is 17.1 Å². The Morgan fingerprint density at radius 2 is 1.85 bits per heavy atom. The Labute approximate surface area is 200 Å². The lowest BCUT2D eigenvalue weighted by Crippen LogP contribution is -2.29. The van der Waals surface area contributed by atoms with Gasteiger partial charge < -0.3 is 19.5 Å². The number of hydrogen-bond acceptors (Lipinski definition) is 6. The van der Waals surface area contributed by atoms with E-state index >= 15 is 0 Å². The maximum Gasteiger partial charge on any atom is 0.230 e. The van der Waals surface area contributed by atoms with Gasteiger partial charge in [0.15, 0.2) is 11.0 Å². The maximum atomic E-state index is 12.4. The maximum absolute atomic E-state index is 12.4. The first-order valence-electron chi connectivity index (χ1n) is 11.4. The molecule has 0 unspecified atom stereocenters. The lowest BCUT2D eigenvalue weighted by Gasteiger charge is -2.19. The number of hydrogen-bond donors (Lipinski definition) is 1. The molecular weight excluding hydrogens is 434 g/mol. The van der Waals surface area contributed by atoms with Crippen LogP contribution in [0.25, 0.3) is 11.4 Å². The predicted molar refractivity (Wildman–Crippen MR) is 135 cm³/mol. The number of thioether (sulfide) groups is 1. The molecule has 8 heteroatoms. The molecule has 3 aromatic rings. The average molecular weight is 468 g/mol. The molecule has 7 nitrogen and oxygen atoms in total. The van der Waals surface area contributed by atoms with Crippen molar-refractivity contribution in [2.45, 2.75) is 37.9 Å². The average Bonchev–Trinajstić information content (AvgIpc) is 3.27. The van der Waals surface area contributed by atoms with E-state index in [9.17, 15) is 4.79 Å². The summed E-state index contributed by atoms with van der Waals surface area (Å²) in [5, 5.41) is 12.6. The number of carbonyl (C=O) groups is 1. The Kier molecular flexibility index (Phi) is 9.62. The first-order valence-corrected chi connectivity index (χ1v) is 12.3. The molecule has 0 saturated carbocycles. The van der Waals surface area contributed by atoms with Crippen molar-refractivity contribution >= 4 is 23.4 Å². The molecule has 0 saturated heterocycles. The van der Waals surface area contributed by atoms with Crippen molar-refractivity contribution in [2.75, 3.05) is 37.9 Å². The number of ether oxygens (including phenoxy) is 1. The van der Waals surface area contributed by atoms with Crippen molar-refractivity contribution < 1.29 is 9.53 Å². The molecule has 33 heavy (non-hydrogen) atoms. The number of benzene rings is 2. The van der Waals surface area contributed by atoms with E-state index in [-0.39, 0.29) is 5.91 Å². The summed E-state index contributed by atoms with van der Waals surface area (Å²) in [6, 6.07) is 18.1. The summed E-state index contributed by atoms with van der Waals surface area (Å²) < 4.78 is 7.36. The quantitative estimate of drug-likeness (QED) is 0.295. The highest BCUT2D eigenvalue weighted by atomic mass is 32.2. The van der Waals surface area contributed by atoms with E-state index in [0.717, 1.165) is 54.6 Å². The zero-order valence-electron chi connectivity index (χ0n) is 19.7. The molecule has 0 aliphatic heterocycles. The largest absolute Gasteiger partial charge is 0.497 e. The van der Waals surface area contributed by atoms with Gasteiger partial charge >= 0.3 is 0 Å². The van der Waals surface area contributed by atoms with Crippen LogP contribution in [0.4, 0.5) is 5.69 Å². The highest BCUT2D eigenvalue weighted by molar-refractivity contribution is 7.99. The van der Waals surface area contributed by atoms with Crippen LogP contribution >= 0.6 is 11.8 Å². The second kappa shape index (κ2) is 12.9. The van der Waals surface area contributed by atoms with E-state index < -0.39 is 0 Å². The molecule has 0 aliphatic carbocycles. The van der Waals surface area contributed by atoms with Gasteiger partial charge in [-0.15, -0.1) is 10.2 Å². The van der Waals surface area contributed by atoms with Crippen molar-refractivity contribution in [1.82, 2.24) is 20.1 Å². The first kappa shape index (κ1) is 24.6. The molecule has 2 aromatic carbocycles. The lowest BCUT2D eigenvalue weighted by molar-refractivity contribution is -0.118. The molecule has 0 bridgehead atoms. The smallest absolute Gasteiger partial charge is 0.230 e. The molecule has 0 aliphatic rings. The fourth-order valence-corrected chi connectivity index (χ4v) is 4.20. The number of nitrogens with one attached hydrogen (secondary N) is 1. The number of aromatic nitrogens is 3. The summed E-state index contributed by atoms with van der Waals surface area (Å²) in [6.45, 7) is 4.51. The summed E-state index contributed by atoms with van der Waals surface area (Å²) in [5.41, 5.74) is 2.16. The Morgan fingerprint density at radius 1 is 1.09 bits per heavy atom. The van der Waals surface area contributed by atoms with Crippen molar-refractivity contribution in [3.05, 3.63) is 54.6 Å². The van der Waals surface area contributed by atoms with Gasteiger partial charge in [0.1, 0.15) is 5.75 Å². The van der Waals surface area contributed by atoms with E-state index in [0.29, 0.717) is 12.3 Å². The minimum absolute atomic E-state index is 0.0124. The van der Waals surface area contributed by atoms with Gasteiger partial charge in [-0.3, -0.25) is 4.79 Å². The Bertz CT molecular complexity index is 992. The second-order valence-electron chi connectivity index (χ2n) is 7.79. The molecule has 1 heterocycles. The monoisotopic (exact) mass is 467 g/mol. The van der Waals surface area contributed by atoms with Gasteiger partial charge in [0.25, 0.3) is 0 Å². The molecule has 0 atom stereocenters. The summed E-state index contributed by atoms with van der Waals surface area (Å²) in [6.07, 6.45) is 2.98. The summed E-state index contributed by atoms with van der Waals surface area (Å²) in [5.74, 6) is 1.96. The minimum atomic E-state index is 0.0124. The Morgan fingerprint density at radius 3 is 2.55 bits per heavy atom. The third kappa shape index (κ3) is 7.25. The minimum Gasteiger partial charge on any atom is -0.497 e. The van der Waals surface area contributed by atoms with Crippen LogP contribution in [-0.2, 0) is 11.3 Å². The molecule has 3 rings (SSSR count). The molecule has 0 fully saturated rings. The fraction of sp³-hybridized carbons (Fsp3) is 0.400. The summed E-state index contributed by atoms with van der Waals surface area (Å²) >= 11 is 1.43. The van der Waals surface area contributed by atoms with Crippen LogP contribution in [0.2, 0.25) is 0 Å². The lowest BCUT2D eigenvalue weighted by atomic mass is 10.2. The van der Waals surface area contributed by atoms with E-state index in [4.69, 9.17) is 4.74 Å². The number of amides is 1. The normalized spacial score (nSPS) is 10.8. The molecule has 1 aromatic heterocycles. The number of carbonyl (C=O) groups excluding carboxylic acids is 1. The van der Waals surface area contributed by atoms with Crippen molar-refractivity contribution in [3.63, 3.8) is 0 Å². The molecular formula is C25H33N5O2S. The Hall–Kier alpha value is -3.00. The number of methoxy groups -OCH3 is 1. The fourth-order valence-electron chi connectivity index (χ4n) is 3.40. The van der Waals surface area contributed by atoms with Gasteiger partial charge in [0, 0.05) is 37.9 Å². The molecule has 1 amide bonds. The topological polar surface area (TPSA) is 72.3 Å². The third-order valence-corrected chi connectivity index (χ3v) is 6.29. The Balaban J connectivity index is 1.51. The van der Waals surface area contributed by atoms with Gasteiger partial charge in [-0.05, 0) is 49.2 Å². The first-order chi connectivity index (χ1) is 16.1. The molecule has 0 radical (unpaired) electrons. The van der Waals surface area contributed by atoms with Gasteiger partial charge in [0.2, 0.25) is 5.91 Å². The molecule has 0 spiro atoms. The number of para-hydroxylation sites is 1. The summed E-state index contributed by atoms with van der Waals surface area (Å²) in [4.78, 5) is 14.6. The van der Waals surface area contributed by atoms with Crippen LogP contribution in [0.15, 0.2) is 59.8 Å². The zero-order chi connectivity index (χ0) is 23.5. The molecule has 176 valence electrons. The van der Waals surface area contributed by atoms with E-state index in [1.807, 2.05) is 42.5 Å². The van der Waals surface area contributed by atoms with Crippen molar-refractivity contribution in [2.24, 2.45) is 0 Å². The van der Waals surface area contributed by atoms with Crippen molar-refractivity contribution in [1.29, 1.82) is 0 Å². The highest BCUT2D eigenvalue weighted by Crippen LogP contribution is 2.26. The van der Waals surface area contributed by atoms with Gasteiger partial charge in [-0.2, -0.15) is 0 Å². The van der Waals surface area contributed by atoms with Crippen LogP contribution in [0, 0.1) is 0 Å². The zero-order valence-corrected chi connectivity index (χ0v) is 20.5. The highest BCUT2D eigenvalue weighted by Gasteiger charge is 2.15. The summed E-state index contributed by atoms with van der Waals surface area (Å²) in [7, 11) is 3.72. The molecule has 1 N–H and O–H groups in total. The van der Waals surface area contributed by atoms with Crippen LogP contribution in [-0.4, -0.2) is 53.7 Å². The van der Waals surface area contributed by atoms with Crippen LogP contribution in [0.5, 0.6) is 5.75 Å².